The molecule has 0 fully saturated rings. The summed E-state index contributed by atoms with van der Waals surface area (Å²) >= 11 is 1.68. The Hall–Kier alpha value is -1.40. The summed E-state index contributed by atoms with van der Waals surface area (Å²) in [6.07, 6.45) is 3.96. The van der Waals surface area contributed by atoms with Gasteiger partial charge >= 0.3 is 0 Å². The van der Waals surface area contributed by atoms with Crippen molar-refractivity contribution in [2.45, 2.75) is 24.7 Å². The number of hydrogen-bond acceptors (Lipinski definition) is 3. The zero-order valence-electron chi connectivity index (χ0n) is 9.31. The third kappa shape index (κ3) is 2.07. The first-order valence-corrected chi connectivity index (χ1v) is 6.32. The average Bonchev–Trinajstić information content (AvgIpc) is 2.65. The summed E-state index contributed by atoms with van der Waals surface area (Å²) in [4.78, 5) is 3.49. The lowest BCUT2D eigenvalue weighted by molar-refractivity contribution is 0.779. The molecule has 1 aromatic rings. The van der Waals surface area contributed by atoms with Crippen LogP contribution in [0.4, 0.5) is 5.69 Å². The number of rotatable bonds is 3. The van der Waals surface area contributed by atoms with Gasteiger partial charge in [0.1, 0.15) is 0 Å². The van der Waals surface area contributed by atoms with Gasteiger partial charge in [0.2, 0.25) is 0 Å². The van der Waals surface area contributed by atoms with E-state index in [4.69, 9.17) is 5.26 Å². The highest BCUT2D eigenvalue weighted by Crippen LogP contribution is 2.45. The molecule has 2 rings (SSSR count). The molecule has 2 nitrogen and oxygen atoms in total. The fourth-order valence-electron chi connectivity index (χ4n) is 1.76. The predicted octanol–water partition coefficient (Wildman–Crippen LogP) is 3.76. The van der Waals surface area contributed by atoms with Crippen LogP contribution in [0.2, 0.25) is 0 Å². The van der Waals surface area contributed by atoms with Gasteiger partial charge in [-0.25, -0.2) is 0 Å². The van der Waals surface area contributed by atoms with Crippen LogP contribution in [0.25, 0.3) is 0 Å². The number of unbranched alkanes of at least 4 members (excludes halogenated alkanes) is 1. The molecule has 3 heteroatoms. The minimum absolute atomic E-state index is 0.994. The Kier molecular flexibility index (Phi) is 3.53. The van der Waals surface area contributed by atoms with E-state index >= 15 is 0 Å². The summed E-state index contributed by atoms with van der Waals surface area (Å²) in [6.45, 7) is 3.18. The molecule has 0 saturated carbocycles. The minimum Gasteiger partial charge on any atom is -0.334 e. The van der Waals surface area contributed by atoms with Crippen molar-refractivity contribution < 1.29 is 0 Å². The van der Waals surface area contributed by atoms with Crippen molar-refractivity contribution in [3.8, 4) is 6.07 Å². The first-order valence-electron chi connectivity index (χ1n) is 5.51. The molecular formula is C13H14N2S. The Bertz CT molecular complexity index is 445. The molecule has 0 atom stereocenters. The van der Waals surface area contributed by atoms with Crippen LogP contribution in [0.1, 0.15) is 19.8 Å². The third-order valence-corrected chi connectivity index (χ3v) is 3.67. The number of benzene rings is 1. The lowest BCUT2D eigenvalue weighted by Crippen LogP contribution is -2.18. The largest absolute Gasteiger partial charge is 0.334 e. The van der Waals surface area contributed by atoms with E-state index in [1.54, 1.807) is 17.8 Å². The second kappa shape index (κ2) is 5.09. The molecule has 0 unspecified atom stereocenters. The molecular weight excluding hydrogens is 216 g/mol. The maximum atomic E-state index is 8.78. The van der Waals surface area contributed by atoms with Crippen molar-refractivity contribution in [1.82, 2.24) is 0 Å². The Balaban J connectivity index is 2.29. The normalized spacial score (nSPS) is 16.2. The molecule has 0 amide bonds. The topological polar surface area (TPSA) is 27.0 Å². The molecule has 16 heavy (non-hydrogen) atoms. The third-order valence-electron chi connectivity index (χ3n) is 2.56. The van der Waals surface area contributed by atoms with E-state index in [1.807, 2.05) is 12.1 Å². The molecule has 0 radical (unpaired) electrons. The molecule has 0 spiro atoms. The molecule has 1 aliphatic rings. The van der Waals surface area contributed by atoms with E-state index in [0.717, 1.165) is 18.0 Å². The maximum Gasteiger partial charge on any atom is 0.0939 e. The zero-order chi connectivity index (χ0) is 11.4. The molecule has 1 aromatic carbocycles. The van der Waals surface area contributed by atoms with Gasteiger partial charge < -0.3 is 4.90 Å². The van der Waals surface area contributed by atoms with Gasteiger partial charge in [0.25, 0.3) is 0 Å². The second-order valence-corrected chi connectivity index (χ2v) is 4.75. The summed E-state index contributed by atoms with van der Waals surface area (Å²) in [5.74, 6) is 0. The van der Waals surface area contributed by atoms with E-state index in [-0.39, 0.29) is 0 Å². The Morgan fingerprint density at radius 1 is 1.44 bits per heavy atom. The van der Waals surface area contributed by atoms with Gasteiger partial charge in [-0.15, -0.1) is 0 Å². The molecule has 0 saturated heterocycles. The number of fused-ring (bicyclic) bond motifs is 1. The Morgan fingerprint density at radius 3 is 3.00 bits per heavy atom. The SMILES string of the molecule is CCCCN1C(=CC#N)Sc2ccccc21. The van der Waals surface area contributed by atoms with Crippen molar-refractivity contribution in [3.63, 3.8) is 0 Å². The summed E-state index contributed by atoms with van der Waals surface area (Å²) < 4.78 is 0. The highest BCUT2D eigenvalue weighted by Gasteiger charge is 2.23. The van der Waals surface area contributed by atoms with Crippen LogP contribution in [0.5, 0.6) is 0 Å². The van der Waals surface area contributed by atoms with Crippen LogP contribution in [-0.4, -0.2) is 6.54 Å². The van der Waals surface area contributed by atoms with Crippen molar-refractivity contribution >= 4 is 17.4 Å². The van der Waals surface area contributed by atoms with Crippen molar-refractivity contribution in [2.75, 3.05) is 11.4 Å². The first-order chi connectivity index (χ1) is 7.86. The van der Waals surface area contributed by atoms with Gasteiger partial charge in [-0.3, -0.25) is 0 Å². The van der Waals surface area contributed by atoms with Crippen molar-refractivity contribution in [3.05, 3.63) is 35.4 Å². The quantitative estimate of drug-likeness (QED) is 0.740. The molecule has 1 heterocycles. The highest BCUT2D eigenvalue weighted by atomic mass is 32.2. The lowest BCUT2D eigenvalue weighted by atomic mass is 10.2. The van der Waals surface area contributed by atoms with E-state index in [0.29, 0.717) is 0 Å². The molecule has 0 N–H and O–H groups in total. The fourth-order valence-corrected chi connectivity index (χ4v) is 2.83. The first kappa shape index (κ1) is 11.1. The molecule has 0 bridgehead atoms. The van der Waals surface area contributed by atoms with Gasteiger partial charge in [0.05, 0.1) is 16.8 Å². The summed E-state index contributed by atoms with van der Waals surface area (Å²) in [6, 6.07) is 10.4. The van der Waals surface area contributed by atoms with Crippen LogP contribution in [0, 0.1) is 11.3 Å². The predicted molar refractivity (Wildman–Crippen MR) is 68.2 cm³/mol. The summed E-state index contributed by atoms with van der Waals surface area (Å²) in [5, 5.41) is 9.84. The number of para-hydroxylation sites is 1. The lowest BCUT2D eigenvalue weighted by Gasteiger charge is -2.19. The van der Waals surface area contributed by atoms with Crippen LogP contribution in [-0.2, 0) is 0 Å². The monoisotopic (exact) mass is 230 g/mol. The number of nitriles is 1. The van der Waals surface area contributed by atoms with Gasteiger partial charge in [0.15, 0.2) is 0 Å². The van der Waals surface area contributed by atoms with E-state index in [9.17, 15) is 0 Å². The Morgan fingerprint density at radius 2 is 2.25 bits per heavy atom. The minimum atomic E-state index is 0.994. The number of hydrogen-bond donors (Lipinski definition) is 0. The second-order valence-electron chi connectivity index (χ2n) is 3.69. The zero-order valence-corrected chi connectivity index (χ0v) is 10.1. The standard InChI is InChI=1S/C13H14N2S/c1-2-3-10-15-11-6-4-5-7-12(11)16-13(15)8-9-14/h4-8H,2-3,10H2,1H3. The van der Waals surface area contributed by atoms with Crippen molar-refractivity contribution in [1.29, 1.82) is 5.26 Å². The van der Waals surface area contributed by atoms with Gasteiger partial charge in [0, 0.05) is 17.5 Å². The van der Waals surface area contributed by atoms with Gasteiger partial charge in [-0.2, -0.15) is 5.26 Å². The number of allylic oxidation sites excluding steroid dienone is 1. The maximum absolute atomic E-state index is 8.78. The number of thioether (sulfide) groups is 1. The van der Waals surface area contributed by atoms with Crippen LogP contribution >= 0.6 is 11.8 Å². The Labute approximate surface area is 101 Å². The van der Waals surface area contributed by atoms with Gasteiger partial charge in [-0.05, 0) is 18.6 Å². The smallest absolute Gasteiger partial charge is 0.0939 e. The molecule has 1 aliphatic heterocycles. The molecule has 0 aromatic heterocycles. The van der Waals surface area contributed by atoms with Gasteiger partial charge in [-0.1, -0.05) is 37.2 Å². The molecule has 0 aliphatic carbocycles. The summed E-state index contributed by atoms with van der Waals surface area (Å²) in [5.41, 5.74) is 1.24. The van der Waals surface area contributed by atoms with Crippen LogP contribution < -0.4 is 4.90 Å². The van der Waals surface area contributed by atoms with E-state index in [1.165, 1.54) is 17.0 Å². The fraction of sp³-hybridized carbons (Fsp3) is 0.308. The highest BCUT2D eigenvalue weighted by molar-refractivity contribution is 8.03. The number of nitrogens with zero attached hydrogens (tertiary/aromatic N) is 2. The average molecular weight is 230 g/mol. The van der Waals surface area contributed by atoms with Crippen molar-refractivity contribution in [2.24, 2.45) is 0 Å². The number of anilines is 1. The van der Waals surface area contributed by atoms with E-state index < -0.39 is 0 Å². The van der Waals surface area contributed by atoms with Crippen LogP contribution in [0.3, 0.4) is 0 Å². The van der Waals surface area contributed by atoms with E-state index in [2.05, 4.69) is 30.0 Å². The summed E-state index contributed by atoms with van der Waals surface area (Å²) in [7, 11) is 0. The molecule has 82 valence electrons. The van der Waals surface area contributed by atoms with Crippen LogP contribution in [0.15, 0.2) is 40.3 Å².